The summed E-state index contributed by atoms with van der Waals surface area (Å²) in [6.07, 6.45) is 5.13. The average molecular weight is 255 g/mol. The molecule has 2 unspecified atom stereocenters. The van der Waals surface area contributed by atoms with E-state index in [1.165, 1.54) is 5.57 Å². The Morgan fingerprint density at radius 1 is 1.44 bits per heavy atom. The lowest BCUT2D eigenvalue weighted by Gasteiger charge is -2.46. The Balaban J connectivity index is 2.97. The van der Waals surface area contributed by atoms with Crippen LogP contribution >= 0.6 is 0 Å². The van der Waals surface area contributed by atoms with E-state index in [-0.39, 0.29) is 11.6 Å². The maximum atomic E-state index is 5.84. The fraction of sp³-hybridized carbons (Fsp3) is 0.857. The van der Waals surface area contributed by atoms with E-state index in [1.807, 2.05) is 6.26 Å². The summed E-state index contributed by atoms with van der Waals surface area (Å²) in [5, 5.41) is 0. The second-order valence-electron chi connectivity index (χ2n) is 5.15. The van der Waals surface area contributed by atoms with E-state index < -0.39 is 0 Å². The molecule has 2 atom stereocenters. The molecular weight excluding hydrogens is 226 g/mol. The summed E-state index contributed by atoms with van der Waals surface area (Å²) in [6.45, 7) is 11.8. The van der Waals surface area contributed by atoms with Crippen LogP contribution < -0.4 is 11.3 Å². The summed E-state index contributed by atoms with van der Waals surface area (Å²) in [7, 11) is 0. The van der Waals surface area contributed by atoms with Gasteiger partial charge in [-0.05, 0) is 44.8 Å². The maximum Gasteiger partial charge on any atom is 0.0876 e. The highest BCUT2D eigenvalue weighted by atomic mass is 16.5. The first-order valence-electron chi connectivity index (χ1n) is 7.15. The molecule has 0 aromatic rings. The summed E-state index contributed by atoms with van der Waals surface area (Å²) >= 11 is 0. The van der Waals surface area contributed by atoms with Crippen molar-refractivity contribution in [3.63, 3.8) is 0 Å². The van der Waals surface area contributed by atoms with Crippen molar-refractivity contribution in [1.29, 1.82) is 0 Å². The van der Waals surface area contributed by atoms with Crippen molar-refractivity contribution < 1.29 is 4.74 Å². The highest BCUT2D eigenvalue weighted by Gasteiger charge is 2.38. The largest absolute Gasteiger partial charge is 0.501 e. The Morgan fingerprint density at radius 2 is 2.11 bits per heavy atom. The highest BCUT2D eigenvalue weighted by molar-refractivity contribution is 5.18. The summed E-state index contributed by atoms with van der Waals surface area (Å²) in [5.41, 5.74) is 4.35. The zero-order valence-electron chi connectivity index (χ0n) is 12.3. The Morgan fingerprint density at radius 3 is 2.50 bits per heavy atom. The molecule has 0 spiro atoms. The molecule has 1 aliphatic rings. The van der Waals surface area contributed by atoms with Gasteiger partial charge in [0, 0.05) is 5.54 Å². The second-order valence-corrected chi connectivity index (χ2v) is 5.15. The fourth-order valence-electron chi connectivity index (χ4n) is 3.04. The van der Waals surface area contributed by atoms with E-state index in [2.05, 4.69) is 38.0 Å². The van der Waals surface area contributed by atoms with Gasteiger partial charge < -0.3 is 4.74 Å². The van der Waals surface area contributed by atoms with Crippen molar-refractivity contribution >= 4 is 0 Å². The average Bonchev–Trinajstić information content (AvgIpc) is 2.42. The normalized spacial score (nSPS) is 21.1. The number of nitrogens with one attached hydrogen (secondary N) is 1. The van der Waals surface area contributed by atoms with Crippen molar-refractivity contribution in [2.75, 3.05) is 19.7 Å². The minimum Gasteiger partial charge on any atom is -0.501 e. The number of nitrogens with two attached hydrogens (primary N) is 1. The topological polar surface area (TPSA) is 50.5 Å². The molecule has 1 aliphatic heterocycles. The van der Waals surface area contributed by atoms with E-state index in [9.17, 15) is 0 Å². The van der Waals surface area contributed by atoms with Crippen LogP contribution in [0.2, 0.25) is 0 Å². The minimum absolute atomic E-state index is 0.0325. The molecule has 0 amide bonds. The summed E-state index contributed by atoms with van der Waals surface area (Å²) in [6, 6.07) is 0.155. The van der Waals surface area contributed by atoms with Gasteiger partial charge in [0.1, 0.15) is 0 Å². The van der Waals surface area contributed by atoms with E-state index in [0.717, 1.165) is 39.0 Å². The van der Waals surface area contributed by atoms with Crippen LogP contribution in [-0.4, -0.2) is 36.2 Å². The summed E-state index contributed by atoms with van der Waals surface area (Å²) in [4.78, 5) is 2.48. The molecule has 0 aromatic carbocycles. The number of nitrogens with zero attached hydrogens (tertiary/aromatic N) is 1. The fourth-order valence-corrected chi connectivity index (χ4v) is 3.04. The molecule has 4 nitrogen and oxygen atoms in total. The van der Waals surface area contributed by atoms with Crippen LogP contribution in [0.1, 0.15) is 47.0 Å². The van der Waals surface area contributed by atoms with Crippen molar-refractivity contribution in [2.45, 2.75) is 58.5 Å². The summed E-state index contributed by atoms with van der Waals surface area (Å²) < 4.78 is 5.48. The number of hydrazine groups is 1. The van der Waals surface area contributed by atoms with Crippen molar-refractivity contribution in [3.8, 4) is 0 Å². The number of hydrogen-bond acceptors (Lipinski definition) is 4. The smallest absolute Gasteiger partial charge is 0.0876 e. The lowest BCUT2D eigenvalue weighted by Crippen LogP contribution is -2.61. The molecule has 0 aromatic heterocycles. The lowest BCUT2D eigenvalue weighted by molar-refractivity contribution is 0.0769. The van der Waals surface area contributed by atoms with Gasteiger partial charge in [-0.25, -0.2) is 0 Å². The molecule has 4 heteroatoms. The number of likely N-dealkylation sites (N-methyl/N-ethyl adjacent to an activating group) is 1. The van der Waals surface area contributed by atoms with Crippen molar-refractivity contribution in [2.24, 2.45) is 5.84 Å². The van der Waals surface area contributed by atoms with Gasteiger partial charge in [0.05, 0.1) is 18.9 Å². The molecule has 0 aliphatic carbocycles. The molecule has 18 heavy (non-hydrogen) atoms. The SMILES string of the molecule is CCN(CC)C(C)(CC)C(NN)C1=COCCC1. The molecule has 3 N–H and O–H groups in total. The second kappa shape index (κ2) is 7.12. The molecule has 0 fully saturated rings. The van der Waals surface area contributed by atoms with Crippen LogP contribution in [0.5, 0.6) is 0 Å². The number of rotatable bonds is 7. The highest BCUT2D eigenvalue weighted by Crippen LogP contribution is 2.30. The first-order chi connectivity index (χ1) is 8.63. The molecule has 1 rings (SSSR count). The Labute approximate surface area is 112 Å². The van der Waals surface area contributed by atoms with Gasteiger partial charge in [-0.15, -0.1) is 0 Å². The van der Waals surface area contributed by atoms with Crippen LogP contribution in [-0.2, 0) is 4.74 Å². The van der Waals surface area contributed by atoms with E-state index in [0.29, 0.717) is 0 Å². The van der Waals surface area contributed by atoms with Gasteiger partial charge >= 0.3 is 0 Å². The molecule has 0 saturated carbocycles. The standard InChI is InChI=1S/C14H29N3O/c1-5-14(4,17(6-2)7-3)13(16-15)12-9-8-10-18-11-12/h11,13,16H,5-10,15H2,1-4H3. The van der Waals surface area contributed by atoms with Gasteiger partial charge in [-0.1, -0.05) is 20.8 Å². The monoisotopic (exact) mass is 255 g/mol. The molecule has 0 bridgehead atoms. The lowest BCUT2D eigenvalue weighted by atomic mass is 9.81. The van der Waals surface area contributed by atoms with Crippen LogP contribution in [0.4, 0.5) is 0 Å². The van der Waals surface area contributed by atoms with Crippen LogP contribution in [0.3, 0.4) is 0 Å². The first kappa shape index (κ1) is 15.5. The molecule has 1 heterocycles. The quantitative estimate of drug-likeness (QED) is 0.540. The molecule has 0 radical (unpaired) electrons. The van der Waals surface area contributed by atoms with Crippen LogP contribution in [0.25, 0.3) is 0 Å². The third-order valence-corrected chi connectivity index (χ3v) is 4.32. The molecule has 0 saturated heterocycles. The number of hydrogen-bond donors (Lipinski definition) is 2. The molecule has 106 valence electrons. The third kappa shape index (κ3) is 3.05. The van der Waals surface area contributed by atoms with E-state index in [4.69, 9.17) is 10.6 Å². The minimum atomic E-state index is 0.0325. The Hall–Kier alpha value is -0.580. The van der Waals surface area contributed by atoms with Gasteiger partial charge in [-0.2, -0.15) is 0 Å². The van der Waals surface area contributed by atoms with E-state index >= 15 is 0 Å². The van der Waals surface area contributed by atoms with Gasteiger partial charge in [0.2, 0.25) is 0 Å². The van der Waals surface area contributed by atoms with Gasteiger partial charge in [0.15, 0.2) is 0 Å². The summed E-state index contributed by atoms with van der Waals surface area (Å²) in [5.74, 6) is 5.84. The molecular formula is C14H29N3O. The first-order valence-corrected chi connectivity index (χ1v) is 7.15. The van der Waals surface area contributed by atoms with Crippen LogP contribution in [0, 0.1) is 0 Å². The zero-order valence-corrected chi connectivity index (χ0v) is 12.3. The van der Waals surface area contributed by atoms with Gasteiger partial charge in [-0.3, -0.25) is 16.2 Å². The number of ether oxygens (including phenoxy) is 1. The van der Waals surface area contributed by atoms with Crippen molar-refractivity contribution in [3.05, 3.63) is 11.8 Å². The maximum absolute atomic E-state index is 5.84. The zero-order chi connectivity index (χ0) is 13.6. The Bertz CT molecular complexity index is 276. The van der Waals surface area contributed by atoms with Crippen LogP contribution in [0.15, 0.2) is 11.8 Å². The third-order valence-electron chi connectivity index (χ3n) is 4.32. The van der Waals surface area contributed by atoms with Crippen molar-refractivity contribution in [1.82, 2.24) is 10.3 Å². The Kier molecular flexibility index (Phi) is 6.12. The predicted octanol–water partition coefficient (Wildman–Crippen LogP) is 2.02. The van der Waals surface area contributed by atoms with Gasteiger partial charge in [0.25, 0.3) is 0 Å². The van der Waals surface area contributed by atoms with E-state index in [1.54, 1.807) is 0 Å². The predicted molar refractivity (Wildman–Crippen MR) is 76.0 cm³/mol.